The summed E-state index contributed by atoms with van der Waals surface area (Å²) in [4.78, 5) is 27.7. The average Bonchev–Trinajstić information content (AvgIpc) is 3.12. The molecule has 152 valence electrons. The SMILES string of the molecule is Cc1[nH]nc2ncc(-c3cnc4ccc(C(=O)N5CCC(F)(F)CC5)cc4n3)cc12. The maximum Gasteiger partial charge on any atom is 0.253 e. The Labute approximate surface area is 170 Å². The maximum atomic E-state index is 13.4. The van der Waals surface area contributed by atoms with E-state index < -0.39 is 5.92 Å². The molecule has 0 aliphatic carbocycles. The van der Waals surface area contributed by atoms with Crippen molar-refractivity contribution < 1.29 is 13.6 Å². The Hall–Kier alpha value is -3.49. The van der Waals surface area contributed by atoms with Gasteiger partial charge in [-0.3, -0.25) is 14.9 Å². The fraction of sp³-hybridized carbons (Fsp3) is 0.286. The van der Waals surface area contributed by atoms with Gasteiger partial charge in [-0.15, -0.1) is 0 Å². The van der Waals surface area contributed by atoms with Crippen molar-refractivity contribution in [2.45, 2.75) is 25.7 Å². The maximum absolute atomic E-state index is 13.4. The summed E-state index contributed by atoms with van der Waals surface area (Å²) in [6.07, 6.45) is 2.73. The van der Waals surface area contributed by atoms with Gasteiger partial charge in [-0.2, -0.15) is 5.10 Å². The van der Waals surface area contributed by atoms with E-state index in [-0.39, 0.29) is 31.8 Å². The van der Waals surface area contributed by atoms with Crippen molar-refractivity contribution in [1.82, 2.24) is 30.0 Å². The highest BCUT2D eigenvalue weighted by Gasteiger charge is 2.35. The Balaban J connectivity index is 1.48. The Kier molecular flexibility index (Phi) is 4.19. The summed E-state index contributed by atoms with van der Waals surface area (Å²) in [7, 11) is 0. The number of carbonyl (C=O) groups is 1. The fourth-order valence-electron chi connectivity index (χ4n) is 3.66. The van der Waals surface area contributed by atoms with Gasteiger partial charge in [0.2, 0.25) is 0 Å². The van der Waals surface area contributed by atoms with Crippen LogP contribution in [0, 0.1) is 6.92 Å². The summed E-state index contributed by atoms with van der Waals surface area (Å²) in [5.74, 6) is -2.96. The van der Waals surface area contributed by atoms with Gasteiger partial charge in [-0.25, -0.2) is 18.7 Å². The van der Waals surface area contributed by atoms with Crippen molar-refractivity contribution >= 4 is 28.0 Å². The highest BCUT2D eigenvalue weighted by molar-refractivity contribution is 5.97. The van der Waals surface area contributed by atoms with Gasteiger partial charge in [0.15, 0.2) is 5.65 Å². The molecular weight excluding hydrogens is 390 g/mol. The highest BCUT2D eigenvalue weighted by Crippen LogP contribution is 2.29. The number of alkyl halides is 2. The summed E-state index contributed by atoms with van der Waals surface area (Å²) in [6.45, 7) is 2.01. The standard InChI is InChI=1S/C21H18F2N6O/c1-12-15-8-14(10-25-19(15)28-27-12)18-11-24-16-3-2-13(9-17(16)26-18)20(30)29-6-4-21(22,23)5-7-29/h2-3,8-11H,4-7H2,1H3,(H,25,27,28). The van der Waals surface area contributed by atoms with Crippen LogP contribution in [-0.2, 0) is 0 Å². The smallest absolute Gasteiger partial charge is 0.253 e. The van der Waals surface area contributed by atoms with Crippen LogP contribution < -0.4 is 0 Å². The van der Waals surface area contributed by atoms with Gasteiger partial charge in [0.1, 0.15) is 0 Å². The van der Waals surface area contributed by atoms with E-state index in [0.29, 0.717) is 27.9 Å². The number of halogens is 2. The summed E-state index contributed by atoms with van der Waals surface area (Å²) in [5.41, 5.74) is 4.58. The Morgan fingerprint density at radius 2 is 1.90 bits per heavy atom. The fourth-order valence-corrected chi connectivity index (χ4v) is 3.66. The molecule has 0 bridgehead atoms. The zero-order chi connectivity index (χ0) is 20.9. The second-order valence-electron chi connectivity index (χ2n) is 7.55. The number of benzene rings is 1. The third kappa shape index (κ3) is 3.26. The van der Waals surface area contributed by atoms with Crippen LogP contribution in [-0.4, -0.2) is 55.0 Å². The number of amides is 1. The molecule has 0 atom stereocenters. The second kappa shape index (κ2) is 6.79. The quantitative estimate of drug-likeness (QED) is 0.546. The van der Waals surface area contributed by atoms with Crippen LogP contribution in [0.15, 0.2) is 36.7 Å². The van der Waals surface area contributed by atoms with Gasteiger partial charge in [0.05, 0.1) is 22.9 Å². The number of rotatable bonds is 2. The Morgan fingerprint density at radius 3 is 2.70 bits per heavy atom. The van der Waals surface area contributed by atoms with Crippen LogP contribution in [0.3, 0.4) is 0 Å². The number of pyridine rings is 1. The molecule has 9 heteroatoms. The topological polar surface area (TPSA) is 87.7 Å². The number of aromatic nitrogens is 5. The minimum Gasteiger partial charge on any atom is -0.338 e. The minimum atomic E-state index is -2.69. The number of hydrogen-bond acceptors (Lipinski definition) is 5. The molecule has 1 N–H and O–H groups in total. The lowest BCUT2D eigenvalue weighted by molar-refractivity contribution is -0.0494. The predicted octanol–water partition coefficient (Wildman–Crippen LogP) is 3.75. The van der Waals surface area contributed by atoms with Crippen molar-refractivity contribution in [2.24, 2.45) is 0 Å². The van der Waals surface area contributed by atoms with Crippen LogP contribution in [0.25, 0.3) is 33.3 Å². The summed E-state index contributed by atoms with van der Waals surface area (Å²) in [5, 5.41) is 7.93. The molecule has 3 aromatic heterocycles. The number of nitrogens with one attached hydrogen (secondary N) is 1. The zero-order valence-electron chi connectivity index (χ0n) is 16.2. The lowest BCUT2D eigenvalue weighted by Gasteiger charge is -2.31. The molecule has 1 fully saturated rings. The number of carbonyl (C=O) groups excluding carboxylic acids is 1. The van der Waals surface area contributed by atoms with Crippen molar-refractivity contribution in [3.8, 4) is 11.3 Å². The van der Waals surface area contributed by atoms with Crippen molar-refractivity contribution in [3.05, 3.63) is 47.9 Å². The lowest BCUT2D eigenvalue weighted by atomic mass is 10.1. The second-order valence-corrected chi connectivity index (χ2v) is 7.55. The molecule has 1 saturated heterocycles. The number of aryl methyl sites for hydroxylation is 1. The van der Waals surface area contributed by atoms with E-state index in [2.05, 4.69) is 25.1 Å². The Bertz CT molecular complexity index is 1280. The molecule has 30 heavy (non-hydrogen) atoms. The van der Waals surface area contributed by atoms with Crippen LogP contribution >= 0.6 is 0 Å². The predicted molar refractivity (Wildman–Crippen MR) is 107 cm³/mol. The highest BCUT2D eigenvalue weighted by atomic mass is 19.3. The minimum absolute atomic E-state index is 0.0469. The van der Waals surface area contributed by atoms with E-state index in [9.17, 15) is 13.6 Å². The van der Waals surface area contributed by atoms with Crippen LogP contribution in [0.5, 0.6) is 0 Å². The van der Waals surface area contributed by atoms with Crippen LogP contribution in [0.4, 0.5) is 8.78 Å². The average molecular weight is 408 g/mol. The number of H-pyrrole nitrogens is 1. The third-order valence-electron chi connectivity index (χ3n) is 5.47. The first-order chi connectivity index (χ1) is 14.4. The van der Waals surface area contributed by atoms with E-state index in [4.69, 9.17) is 0 Å². The van der Waals surface area contributed by atoms with E-state index in [1.807, 2.05) is 13.0 Å². The van der Waals surface area contributed by atoms with E-state index in [0.717, 1.165) is 16.6 Å². The van der Waals surface area contributed by atoms with Gasteiger partial charge in [0, 0.05) is 54.3 Å². The number of aromatic amines is 1. The molecule has 7 nitrogen and oxygen atoms in total. The first-order valence-corrected chi connectivity index (χ1v) is 9.65. The van der Waals surface area contributed by atoms with Gasteiger partial charge < -0.3 is 4.90 Å². The summed E-state index contributed by atoms with van der Waals surface area (Å²) in [6, 6.07) is 6.99. The van der Waals surface area contributed by atoms with Crippen LogP contribution in [0.1, 0.15) is 28.9 Å². The molecule has 0 unspecified atom stereocenters. The Morgan fingerprint density at radius 1 is 1.10 bits per heavy atom. The van der Waals surface area contributed by atoms with E-state index in [1.54, 1.807) is 30.6 Å². The van der Waals surface area contributed by atoms with Crippen molar-refractivity contribution in [1.29, 1.82) is 0 Å². The molecule has 0 saturated carbocycles. The monoisotopic (exact) mass is 408 g/mol. The van der Waals surface area contributed by atoms with Gasteiger partial charge >= 0.3 is 0 Å². The molecule has 4 heterocycles. The largest absolute Gasteiger partial charge is 0.338 e. The molecule has 5 rings (SSSR count). The van der Waals surface area contributed by atoms with E-state index >= 15 is 0 Å². The number of likely N-dealkylation sites (tertiary alicyclic amines) is 1. The third-order valence-corrected chi connectivity index (χ3v) is 5.47. The number of hydrogen-bond donors (Lipinski definition) is 1. The van der Waals surface area contributed by atoms with Crippen molar-refractivity contribution in [2.75, 3.05) is 13.1 Å². The molecule has 0 spiro atoms. The summed E-state index contributed by atoms with van der Waals surface area (Å²) < 4.78 is 26.8. The first-order valence-electron chi connectivity index (χ1n) is 9.65. The molecule has 1 aromatic carbocycles. The molecule has 4 aromatic rings. The number of nitrogens with zero attached hydrogens (tertiary/aromatic N) is 5. The van der Waals surface area contributed by atoms with Crippen molar-refractivity contribution in [3.63, 3.8) is 0 Å². The van der Waals surface area contributed by atoms with Gasteiger partial charge in [-0.05, 0) is 31.2 Å². The molecule has 1 amide bonds. The molecular formula is C21H18F2N6O. The van der Waals surface area contributed by atoms with E-state index in [1.165, 1.54) is 4.90 Å². The van der Waals surface area contributed by atoms with Gasteiger partial charge in [-0.1, -0.05) is 0 Å². The zero-order valence-corrected chi connectivity index (χ0v) is 16.2. The number of piperidine rings is 1. The summed E-state index contributed by atoms with van der Waals surface area (Å²) >= 11 is 0. The molecule has 0 radical (unpaired) electrons. The molecule has 1 aliphatic rings. The normalized spacial score (nSPS) is 16.3. The number of fused-ring (bicyclic) bond motifs is 2. The van der Waals surface area contributed by atoms with Crippen LogP contribution in [0.2, 0.25) is 0 Å². The van der Waals surface area contributed by atoms with Gasteiger partial charge in [0.25, 0.3) is 11.8 Å². The lowest BCUT2D eigenvalue weighted by Crippen LogP contribution is -2.42. The molecule has 1 aliphatic heterocycles. The first kappa shape index (κ1) is 18.5.